The predicted molar refractivity (Wildman–Crippen MR) is 217 cm³/mol. The Bertz CT molecular complexity index is 2550. The Morgan fingerprint density at radius 1 is 0.632 bits per heavy atom. The molecule has 12 heteroatoms. The summed E-state index contributed by atoms with van der Waals surface area (Å²) in [6.45, 7) is 6.48. The zero-order valence-corrected chi connectivity index (χ0v) is 32.9. The molecule has 2 aromatic heterocycles. The molecule has 0 spiro atoms. The number of nitrogens with zero attached hydrogens (tertiary/aromatic N) is 4. The van der Waals surface area contributed by atoms with Gasteiger partial charge in [-0.05, 0) is 78.4 Å². The highest BCUT2D eigenvalue weighted by Crippen LogP contribution is 2.37. The van der Waals surface area contributed by atoms with Crippen molar-refractivity contribution in [2.24, 2.45) is 5.73 Å². The van der Waals surface area contributed by atoms with Gasteiger partial charge in [0, 0.05) is 60.2 Å². The van der Waals surface area contributed by atoms with Crippen molar-refractivity contribution in [1.29, 1.82) is 10.5 Å². The normalized spacial score (nSPS) is 10.7. The molecule has 6 aromatic rings. The fourth-order valence-corrected chi connectivity index (χ4v) is 6.63. The van der Waals surface area contributed by atoms with Crippen LogP contribution in [0.4, 0.5) is 0 Å². The number of halogens is 2. The van der Waals surface area contributed by atoms with E-state index in [0.717, 1.165) is 44.5 Å². The number of carbonyl (C=O) groups excluding carboxylic acids is 1. The van der Waals surface area contributed by atoms with Gasteiger partial charge >= 0.3 is 0 Å². The Morgan fingerprint density at radius 3 is 1.60 bits per heavy atom. The van der Waals surface area contributed by atoms with E-state index in [1.165, 1.54) is 19.3 Å². The Balaban J connectivity index is 1.17. The van der Waals surface area contributed by atoms with Gasteiger partial charge in [0.05, 0.1) is 26.7 Å². The van der Waals surface area contributed by atoms with E-state index in [-0.39, 0.29) is 43.8 Å². The van der Waals surface area contributed by atoms with E-state index in [9.17, 15) is 15.3 Å². The van der Waals surface area contributed by atoms with Crippen molar-refractivity contribution < 1.29 is 23.7 Å². The van der Waals surface area contributed by atoms with Gasteiger partial charge in [-0.2, -0.15) is 10.5 Å². The second-order valence-corrected chi connectivity index (χ2v) is 14.0. The van der Waals surface area contributed by atoms with E-state index < -0.39 is 0 Å². The lowest BCUT2D eigenvalue weighted by Crippen LogP contribution is -2.06. The molecule has 0 saturated carbocycles. The molecule has 0 bridgehead atoms. The first-order chi connectivity index (χ1) is 27.6. The molecular formula is C45H37Cl2N5O5. The van der Waals surface area contributed by atoms with Crippen LogP contribution in [-0.4, -0.2) is 15.8 Å². The second-order valence-electron chi connectivity index (χ2n) is 13.2. The molecule has 2 heterocycles. The molecule has 57 heavy (non-hydrogen) atoms. The standard InChI is InChI=1S/C45H37Cl2N5O5/c1-27-34(25-56-44-14-42(36(18-50)12-40(44)46)54-23-32-10-30(16-48)19-51-21-32)6-4-8-37(27)38-9-5-7-35(28(38)2)26-57-45-15-43(39(29(3)53)13-41(45)47)55-24-33-11-31(17-49)20-52-22-33/h4-15,19-22H,18,23-26,50H2,1-3H3. The molecule has 10 nitrogen and oxygen atoms in total. The quantitative estimate of drug-likeness (QED) is 0.0994. The highest BCUT2D eigenvalue weighted by atomic mass is 35.5. The van der Waals surface area contributed by atoms with Crippen molar-refractivity contribution in [2.75, 3.05) is 0 Å². The summed E-state index contributed by atoms with van der Waals surface area (Å²) in [6.07, 6.45) is 6.21. The molecule has 286 valence electrons. The molecule has 0 radical (unpaired) electrons. The molecule has 4 aromatic carbocycles. The van der Waals surface area contributed by atoms with Gasteiger partial charge in [0.15, 0.2) is 5.78 Å². The minimum absolute atomic E-state index is 0.0933. The molecule has 2 N–H and O–H groups in total. The van der Waals surface area contributed by atoms with Crippen molar-refractivity contribution in [3.63, 3.8) is 0 Å². The van der Waals surface area contributed by atoms with Crippen LogP contribution in [0.1, 0.15) is 67.4 Å². The predicted octanol–water partition coefficient (Wildman–Crippen LogP) is 9.79. The van der Waals surface area contributed by atoms with E-state index in [0.29, 0.717) is 50.3 Å². The topological polar surface area (TPSA) is 153 Å². The monoisotopic (exact) mass is 797 g/mol. The number of hydrogen-bond donors (Lipinski definition) is 1. The van der Waals surface area contributed by atoms with Gasteiger partial charge in [-0.15, -0.1) is 0 Å². The molecule has 0 aliphatic carbocycles. The van der Waals surface area contributed by atoms with Crippen molar-refractivity contribution in [3.8, 4) is 46.3 Å². The maximum atomic E-state index is 12.5. The number of carbonyl (C=O) groups is 1. The summed E-state index contributed by atoms with van der Waals surface area (Å²) in [7, 11) is 0. The zero-order chi connectivity index (χ0) is 40.5. The molecule has 0 atom stereocenters. The Kier molecular flexibility index (Phi) is 13.0. The number of nitriles is 2. The molecule has 0 aliphatic heterocycles. The molecule has 0 aliphatic rings. The summed E-state index contributed by atoms with van der Waals surface area (Å²) in [5, 5.41) is 19.1. The molecule has 6 rings (SSSR count). The van der Waals surface area contributed by atoms with E-state index in [4.69, 9.17) is 47.9 Å². The Morgan fingerprint density at radius 2 is 1.11 bits per heavy atom. The third-order valence-corrected chi connectivity index (χ3v) is 9.92. The van der Waals surface area contributed by atoms with Gasteiger partial charge in [-0.3, -0.25) is 14.8 Å². The van der Waals surface area contributed by atoms with Gasteiger partial charge in [-0.25, -0.2) is 0 Å². The average Bonchev–Trinajstić information content (AvgIpc) is 3.22. The van der Waals surface area contributed by atoms with Crippen LogP contribution >= 0.6 is 23.2 Å². The SMILES string of the molecule is CC(=O)c1cc(Cl)c(OCc2cccc(-c3cccc(COc4cc(OCc5cncc(C#N)c5)c(CN)cc4Cl)c3C)c2C)cc1OCc1cncc(C#N)c1. The number of ketones is 1. The third-order valence-electron chi connectivity index (χ3n) is 9.33. The van der Waals surface area contributed by atoms with Gasteiger partial charge in [0.1, 0.15) is 61.6 Å². The van der Waals surface area contributed by atoms with Crippen LogP contribution < -0.4 is 24.7 Å². The van der Waals surface area contributed by atoms with Crippen LogP contribution in [0.5, 0.6) is 23.0 Å². The highest BCUT2D eigenvalue weighted by Gasteiger charge is 2.18. The largest absolute Gasteiger partial charge is 0.488 e. The number of aromatic nitrogens is 2. The van der Waals surface area contributed by atoms with Crippen molar-refractivity contribution in [3.05, 3.63) is 163 Å². The lowest BCUT2D eigenvalue weighted by Gasteiger charge is -2.18. The van der Waals surface area contributed by atoms with Gasteiger partial charge < -0.3 is 24.7 Å². The van der Waals surface area contributed by atoms with Crippen LogP contribution in [0.2, 0.25) is 10.0 Å². The highest BCUT2D eigenvalue weighted by molar-refractivity contribution is 6.32. The number of rotatable bonds is 15. The molecular weight excluding hydrogens is 761 g/mol. The number of nitrogens with two attached hydrogens (primary N) is 1. The van der Waals surface area contributed by atoms with Crippen LogP contribution in [0, 0.1) is 36.5 Å². The van der Waals surface area contributed by atoms with Crippen molar-refractivity contribution in [2.45, 2.75) is 53.7 Å². The summed E-state index contributed by atoms with van der Waals surface area (Å²) in [5.74, 6) is 1.43. The summed E-state index contributed by atoms with van der Waals surface area (Å²) in [6, 6.07) is 26.3. The number of ether oxygens (including phenoxy) is 4. The van der Waals surface area contributed by atoms with Crippen molar-refractivity contribution >= 4 is 29.0 Å². The summed E-state index contributed by atoms with van der Waals surface area (Å²) >= 11 is 13.2. The Labute approximate surface area is 341 Å². The van der Waals surface area contributed by atoms with Crippen molar-refractivity contribution in [1.82, 2.24) is 9.97 Å². The first-order valence-corrected chi connectivity index (χ1v) is 18.6. The van der Waals surface area contributed by atoms with Crippen LogP contribution in [0.25, 0.3) is 11.1 Å². The van der Waals surface area contributed by atoms with Gasteiger partial charge in [0.2, 0.25) is 0 Å². The lowest BCUT2D eigenvalue weighted by atomic mass is 9.92. The van der Waals surface area contributed by atoms with Gasteiger partial charge in [0.25, 0.3) is 0 Å². The van der Waals surface area contributed by atoms with Crippen LogP contribution in [-0.2, 0) is 33.0 Å². The fraction of sp³-hybridized carbons (Fsp3) is 0.178. The molecule has 0 unspecified atom stereocenters. The molecule has 0 amide bonds. The Hall–Kier alpha value is -6.43. The van der Waals surface area contributed by atoms with E-state index >= 15 is 0 Å². The minimum atomic E-state index is -0.214. The van der Waals surface area contributed by atoms with Gasteiger partial charge in [-0.1, -0.05) is 59.6 Å². The fourth-order valence-electron chi connectivity index (χ4n) is 6.17. The maximum absolute atomic E-state index is 12.5. The van der Waals surface area contributed by atoms with E-state index in [1.54, 1.807) is 48.8 Å². The minimum Gasteiger partial charge on any atom is -0.488 e. The first kappa shape index (κ1) is 40.2. The van der Waals surface area contributed by atoms with Crippen LogP contribution in [0.3, 0.4) is 0 Å². The first-order valence-electron chi connectivity index (χ1n) is 17.8. The smallest absolute Gasteiger partial charge is 0.163 e. The second kappa shape index (κ2) is 18.5. The number of pyridine rings is 2. The lowest BCUT2D eigenvalue weighted by molar-refractivity contribution is 0.101. The third kappa shape index (κ3) is 9.69. The maximum Gasteiger partial charge on any atom is 0.163 e. The summed E-state index contributed by atoms with van der Waals surface area (Å²) in [4.78, 5) is 20.6. The number of benzene rings is 4. The molecule has 0 fully saturated rings. The zero-order valence-electron chi connectivity index (χ0n) is 31.4. The van der Waals surface area contributed by atoms with E-state index in [1.807, 2.05) is 31.2 Å². The summed E-state index contributed by atoms with van der Waals surface area (Å²) in [5.41, 5.74) is 15.3. The summed E-state index contributed by atoms with van der Waals surface area (Å²) < 4.78 is 24.6. The number of hydrogen-bond acceptors (Lipinski definition) is 10. The number of Topliss-reactive ketones (excluding diaryl/α,β-unsaturated/α-hetero) is 1. The van der Waals surface area contributed by atoms with Crippen LogP contribution in [0.15, 0.2) is 97.6 Å². The average molecular weight is 799 g/mol. The van der Waals surface area contributed by atoms with E-state index in [2.05, 4.69) is 41.2 Å². The molecule has 0 saturated heterocycles.